The lowest BCUT2D eigenvalue weighted by molar-refractivity contribution is -0.114. The Bertz CT molecular complexity index is 686. The van der Waals surface area contributed by atoms with Crippen LogP contribution in [0.25, 0.3) is 0 Å². The van der Waals surface area contributed by atoms with Crippen LogP contribution in [0.15, 0.2) is 48.5 Å². The minimum atomic E-state index is -0.148. The Labute approximate surface area is 154 Å². The Balaban J connectivity index is 1.83. The van der Waals surface area contributed by atoms with Gasteiger partial charge in [0.15, 0.2) is 0 Å². The molecule has 6 nitrogen and oxygen atoms in total. The van der Waals surface area contributed by atoms with Crippen LogP contribution in [-0.2, 0) is 9.53 Å². The van der Waals surface area contributed by atoms with Crippen molar-refractivity contribution in [1.29, 1.82) is 0 Å². The molecule has 2 aromatic carbocycles. The Hall–Kier alpha value is -2.73. The number of amides is 1. The lowest BCUT2D eigenvalue weighted by Crippen LogP contribution is -2.22. The van der Waals surface area contributed by atoms with E-state index in [9.17, 15) is 4.79 Å². The highest BCUT2D eigenvalue weighted by atomic mass is 16.5. The number of ether oxygens (including phenoxy) is 3. The largest absolute Gasteiger partial charge is 0.491 e. The van der Waals surface area contributed by atoms with E-state index in [-0.39, 0.29) is 18.6 Å². The second kappa shape index (κ2) is 10.3. The topological polar surface area (TPSA) is 68.8 Å². The maximum atomic E-state index is 12.2. The van der Waals surface area contributed by atoms with Crippen LogP contribution in [0.5, 0.6) is 11.5 Å². The Morgan fingerprint density at radius 3 is 2.46 bits per heavy atom. The quantitative estimate of drug-likeness (QED) is 0.636. The second-order valence-corrected chi connectivity index (χ2v) is 5.93. The highest BCUT2D eigenvalue weighted by Crippen LogP contribution is 2.24. The van der Waals surface area contributed by atoms with Gasteiger partial charge in [0, 0.05) is 12.8 Å². The molecule has 0 fully saturated rings. The van der Waals surface area contributed by atoms with Crippen LogP contribution in [0.4, 0.5) is 11.4 Å². The number of rotatable bonds is 10. The number of para-hydroxylation sites is 2. The summed E-state index contributed by atoms with van der Waals surface area (Å²) in [4.78, 5) is 12.2. The third kappa shape index (κ3) is 6.64. The molecule has 0 radical (unpaired) electrons. The molecule has 2 rings (SSSR count). The summed E-state index contributed by atoms with van der Waals surface area (Å²) in [5.74, 6) is 1.27. The summed E-state index contributed by atoms with van der Waals surface area (Å²) < 4.78 is 16.1. The molecule has 0 heterocycles. The van der Waals surface area contributed by atoms with E-state index in [1.165, 1.54) is 0 Å². The lowest BCUT2D eigenvalue weighted by atomic mass is 10.2. The van der Waals surface area contributed by atoms with Gasteiger partial charge in [0.25, 0.3) is 0 Å². The molecule has 0 unspecified atom stereocenters. The van der Waals surface area contributed by atoms with E-state index < -0.39 is 0 Å². The highest BCUT2D eigenvalue weighted by molar-refractivity contribution is 5.95. The first kappa shape index (κ1) is 19.6. The second-order valence-electron chi connectivity index (χ2n) is 5.93. The molecule has 0 saturated carbocycles. The van der Waals surface area contributed by atoms with E-state index in [2.05, 4.69) is 10.6 Å². The first-order valence-electron chi connectivity index (χ1n) is 8.59. The number of benzene rings is 2. The zero-order valence-corrected chi connectivity index (χ0v) is 15.5. The Morgan fingerprint density at radius 1 is 1.04 bits per heavy atom. The van der Waals surface area contributed by atoms with Crippen LogP contribution in [0.2, 0.25) is 0 Å². The molecule has 0 atom stereocenters. The summed E-state index contributed by atoms with van der Waals surface area (Å²) >= 11 is 0. The summed E-state index contributed by atoms with van der Waals surface area (Å²) in [6, 6.07) is 14.8. The SMILES string of the molecule is COCCOc1ccc(NCC(=O)Nc2ccccc2OC(C)C)cc1. The average Bonchev–Trinajstić information content (AvgIpc) is 2.62. The predicted octanol–water partition coefficient (Wildman–Crippen LogP) is 3.55. The van der Waals surface area contributed by atoms with Gasteiger partial charge in [-0.05, 0) is 50.2 Å². The summed E-state index contributed by atoms with van der Waals surface area (Å²) in [5.41, 5.74) is 1.50. The van der Waals surface area contributed by atoms with E-state index in [1.807, 2.05) is 62.4 Å². The van der Waals surface area contributed by atoms with Crippen molar-refractivity contribution >= 4 is 17.3 Å². The van der Waals surface area contributed by atoms with Crippen molar-refractivity contribution in [2.45, 2.75) is 20.0 Å². The van der Waals surface area contributed by atoms with Gasteiger partial charge in [0.2, 0.25) is 5.91 Å². The van der Waals surface area contributed by atoms with Crippen LogP contribution in [0.3, 0.4) is 0 Å². The van der Waals surface area contributed by atoms with Crippen molar-refractivity contribution in [2.75, 3.05) is 37.5 Å². The highest BCUT2D eigenvalue weighted by Gasteiger charge is 2.08. The van der Waals surface area contributed by atoms with Gasteiger partial charge in [0.05, 0.1) is 24.9 Å². The van der Waals surface area contributed by atoms with Crippen LogP contribution in [-0.4, -0.2) is 38.9 Å². The minimum Gasteiger partial charge on any atom is -0.491 e. The molecule has 0 aliphatic heterocycles. The van der Waals surface area contributed by atoms with E-state index in [1.54, 1.807) is 7.11 Å². The third-order valence-corrected chi connectivity index (χ3v) is 3.39. The number of carbonyl (C=O) groups is 1. The van der Waals surface area contributed by atoms with Crippen LogP contribution in [0, 0.1) is 0 Å². The maximum Gasteiger partial charge on any atom is 0.243 e. The molecular formula is C20H26N2O4. The molecule has 0 bridgehead atoms. The zero-order chi connectivity index (χ0) is 18.8. The molecule has 140 valence electrons. The number of nitrogens with one attached hydrogen (secondary N) is 2. The van der Waals surface area contributed by atoms with E-state index in [0.29, 0.717) is 24.7 Å². The summed E-state index contributed by atoms with van der Waals surface area (Å²) in [5, 5.41) is 5.95. The van der Waals surface area contributed by atoms with E-state index in [0.717, 1.165) is 11.4 Å². The fraction of sp³-hybridized carbons (Fsp3) is 0.350. The monoisotopic (exact) mass is 358 g/mol. The fourth-order valence-electron chi connectivity index (χ4n) is 2.22. The fourth-order valence-corrected chi connectivity index (χ4v) is 2.22. The molecule has 0 spiro atoms. The van der Waals surface area contributed by atoms with Gasteiger partial charge in [-0.15, -0.1) is 0 Å². The molecule has 26 heavy (non-hydrogen) atoms. The molecule has 1 amide bonds. The van der Waals surface area contributed by atoms with Crippen molar-refractivity contribution in [1.82, 2.24) is 0 Å². The van der Waals surface area contributed by atoms with Crippen molar-refractivity contribution in [3.63, 3.8) is 0 Å². The summed E-state index contributed by atoms with van der Waals surface area (Å²) in [6.45, 7) is 5.09. The van der Waals surface area contributed by atoms with Gasteiger partial charge in [-0.25, -0.2) is 0 Å². The van der Waals surface area contributed by atoms with Crippen molar-refractivity contribution in [2.24, 2.45) is 0 Å². The smallest absolute Gasteiger partial charge is 0.243 e. The molecular weight excluding hydrogens is 332 g/mol. The zero-order valence-electron chi connectivity index (χ0n) is 15.5. The first-order chi connectivity index (χ1) is 12.6. The Morgan fingerprint density at radius 2 is 1.77 bits per heavy atom. The van der Waals surface area contributed by atoms with Gasteiger partial charge < -0.3 is 24.8 Å². The number of hydrogen-bond acceptors (Lipinski definition) is 5. The number of carbonyl (C=O) groups excluding carboxylic acids is 1. The van der Waals surface area contributed by atoms with Crippen LogP contribution in [0.1, 0.15) is 13.8 Å². The van der Waals surface area contributed by atoms with E-state index in [4.69, 9.17) is 14.2 Å². The number of methoxy groups -OCH3 is 1. The average molecular weight is 358 g/mol. The van der Waals surface area contributed by atoms with Crippen molar-refractivity contribution in [3.8, 4) is 11.5 Å². The molecule has 2 aromatic rings. The molecule has 2 N–H and O–H groups in total. The van der Waals surface area contributed by atoms with Crippen molar-refractivity contribution < 1.29 is 19.0 Å². The molecule has 0 saturated heterocycles. The summed E-state index contributed by atoms with van der Waals surface area (Å²) in [6.07, 6.45) is 0.0378. The normalized spacial score (nSPS) is 10.5. The molecule has 0 aromatic heterocycles. The molecule has 6 heteroatoms. The maximum absolute atomic E-state index is 12.2. The van der Waals surface area contributed by atoms with Gasteiger partial charge in [-0.2, -0.15) is 0 Å². The Kier molecular flexibility index (Phi) is 7.76. The molecule has 0 aliphatic carbocycles. The van der Waals surface area contributed by atoms with Crippen LogP contribution < -0.4 is 20.1 Å². The lowest BCUT2D eigenvalue weighted by Gasteiger charge is -2.15. The van der Waals surface area contributed by atoms with Gasteiger partial charge in [-0.1, -0.05) is 12.1 Å². The first-order valence-corrected chi connectivity index (χ1v) is 8.59. The number of anilines is 2. The third-order valence-electron chi connectivity index (χ3n) is 3.39. The minimum absolute atomic E-state index is 0.0378. The summed E-state index contributed by atoms with van der Waals surface area (Å²) in [7, 11) is 1.63. The van der Waals surface area contributed by atoms with Gasteiger partial charge >= 0.3 is 0 Å². The standard InChI is InChI=1S/C20H26N2O4/c1-15(2)26-19-7-5-4-6-18(19)22-20(23)14-21-16-8-10-17(11-9-16)25-13-12-24-3/h4-11,15,21H,12-14H2,1-3H3,(H,22,23). The molecule has 0 aliphatic rings. The number of hydrogen-bond donors (Lipinski definition) is 2. The van der Waals surface area contributed by atoms with Crippen molar-refractivity contribution in [3.05, 3.63) is 48.5 Å². The van der Waals surface area contributed by atoms with Gasteiger partial charge in [-0.3, -0.25) is 4.79 Å². The van der Waals surface area contributed by atoms with Gasteiger partial charge in [0.1, 0.15) is 18.1 Å². The van der Waals surface area contributed by atoms with Crippen LogP contribution >= 0.6 is 0 Å². The van der Waals surface area contributed by atoms with E-state index >= 15 is 0 Å². The predicted molar refractivity (Wildman–Crippen MR) is 103 cm³/mol.